The average molecular weight is 306 g/mol. The molecule has 0 aromatic rings. The molecule has 0 aliphatic carbocycles. The molecule has 2 unspecified atom stereocenters. The molecule has 1 fully saturated rings. The van der Waals surface area contributed by atoms with Crippen LogP contribution in [0.25, 0.3) is 0 Å². The maximum atomic E-state index is 11.6. The molecule has 1 aliphatic rings. The van der Waals surface area contributed by atoms with Crippen LogP contribution >= 0.6 is 0 Å². The van der Waals surface area contributed by atoms with Crippen LogP contribution in [-0.4, -0.2) is 55.9 Å². The molecule has 5 nitrogen and oxygen atoms in total. The zero-order chi connectivity index (χ0) is 15.4. The summed E-state index contributed by atoms with van der Waals surface area (Å²) in [6, 6.07) is 0. The smallest absolute Gasteiger partial charge is 0.211 e. The van der Waals surface area contributed by atoms with Crippen LogP contribution in [0, 0.1) is 11.8 Å². The number of rotatable bonds is 7. The van der Waals surface area contributed by atoms with Gasteiger partial charge in [0.15, 0.2) is 0 Å². The second-order valence-electron chi connectivity index (χ2n) is 6.86. The van der Waals surface area contributed by atoms with Crippen molar-refractivity contribution in [3.63, 3.8) is 0 Å². The number of hydrogen-bond donors (Lipinski definition) is 2. The average Bonchev–Trinajstić information content (AvgIpc) is 2.26. The Balaban J connectivity index is 2.35. The van der Waals surface area contributed by atoms with E-state index >= 15 is 0 Å². The van der Waals surface area contributed by atoms with Crippen LogP contribution in [0.1, 0.15) is 40.0 Å². The molecule has 0 spiro atoms. The Labute approximate surface area is 123 Å². The molecule has 0 saturated carbocycles. The lowest BCUT2D eigenvalue weighted by Gasteiger charge is -2.32. The quantitative estimate of drug-likeness (QED) is 0.737. The van der Waals surface area contributed by atoms with Crippen molar-refractivity contribution in [3.05, 3.63) is 0 Å². The van der Waals surface area contributed by atoms with Gasteiger partial charge >= 0.3 is 0 Å². The highest BCUT2D eigenvalue weighted by Crippen LogP contribution is 2.19. The predicted molar refractivity (Wildman–Crippen MR) is 82.1 cm³/mol. The van der Waals surface area contributed by atoms with Gasteiger partial charge in [-0.3, -0.25) is 0 Å². The van der Waals surface area contributed by atoms with Gasteiger partial charge in [-0.2, -0.15) is 0 Å². The summed E-state index contributed by atoms with van der Waals surface area (Å²) in [4.78, 5) is 0. The molecule has 1 saturated heterocycles. The summed E-state index contributed by atoms with van der Waals surface area (Å²) >= 11 is 0. The Morgan fingerprint density at radius 2 is 2.10 bits per heavy atom. The fraction of sp³-hybridized carbons (Fsp3) is 1.00. The van der Waals surface area contributed by atoms with Crippen LogP contribution in [-0.2, 0) is 10.0 Å². The van der Waals surface area contributed by atoms with E-state index in [1.165, 1.54) is 6.26 Å². The summed E-state index contributed by atoms with van der Waals surface area (Å²) in [5.41, 5.74) is -0.695. The van der Waals surface area contributed by atoms with Crippen molar-refractivity contribution in [1.29, 1.82) is 0 Å². The molecule has 1 heterocycles. The van der Waals surface area contributed by atoms with Crippen molar-refractivity contribution in [2.75, 3.05) is 32.4 Å². The highest BCUT2D eigenvalue weighted by atomic mass is 32.2. The molecule has 1 aliphatic heterocycles. The van der Waals surface area contributed by atoms with Gasteiger partial charge in [-0.1, -0.05) is 13.8 Å². The lowest BCUT2D eigenvalue weighted by atomic mass is 9.93. The summed E-state index contributed by atoms with van der Waals surface area (Å²) in [5, 5.41) is 13.5. The summed E-state index contributed by atoms with van der Waals surface area (Å²) in [5.74, 6) is 0.801. The van der Waals surface area contributed by atoms with Crippen molar-refractivity contribution in [3.8, 4) is 0 Å². The molecule has 2 atom stereocenters. The van der Waals surface area contributed by atoms with Gasteiger partial charge < -0.3 is 10.4 Å². The summed E-state index contributed by atoms with van der Waals surface area (Å²) in [7, 11) is -3.07. The number of aliphatic hydroxyl groups is 1. The van der Waals surface area contributed by atoms with Crippen molar-refractivity contribution < 1.29 is 13.5 Å². The molecule has 1 rings (SSSR count). The van der Waals surface area contributed by atoms with Crippen LogP contribution in [0.3, 0.4) is 0 Å². The first-order valence-electron chi connectivity index (χ1n) is 7.48. The third kappa shape index (κ3) is 6.52. The first-order valence-corrected chi connectivity index (χ1v) is 9.33. The molecular weight excluding hydrogens is 276 g/mol. The SMILES string of the molecule is CC(C)CC(C)(O)CNCC1CCCN(S(C)(=O)=O)C1. The second-order valence-corrected chi connectivity index (χ2v) is 8.84. The second kappa shape index (κ2) is 7.20. The van der Waals surface area contributed by atoms with Gasteiger partial charge in [0.2, 0.25) is 10.0 Å². The summed E-state index contributed by atoms with van der Waals surface area (Å²) < 4.78 is 24.7. The molecule has 0 radical (unpaired) electrons. The van der Waals surface area contributed by atoms with Gasteiger partial charge in [-0.15, -0.1) is 0 Å². The van der Waals surface area contributed by atoms with E-state index in [2.05, 4.69) is 19.2 Å². The van der Waals surface area contributed by atoms with E-state index in [4.69, 9.17) is 0 Å². The molecule has 0 aromatic heterocycles. The van der Waals surface area contributed by atoms with Gasteiger partial charge in [-0.25, -0.2) is 12.7 Å². The fourth-order valence-corrected chi connectivity index (χ4v) is 3.93. The number of hydrogen-bond acceptors (Lipinski definition) is 4. The zero-order valence-corrected chi connectivity index (χ0v) is 14.0. The van der Waals surface area contributed by atoms with Gasteiger partial charge in [0.25, 0.3) is 0 Å². The maximum absolute atomic E-state index is 11.6. The van der Waals surface area contributed by atoms with Gasteiger partial charge in [0.1, 0.15) is 0 Å². The van der Waals surface area contributed by atoms with E-state index < -0.39 is 15.6 Å². The largest absolute Gasteiger partial charge is 0.389 e. The molecule has 120 valence electrons. The highest BCUT2D eigenvalue weighted by Gasteiger charge is 2.27. The normalized spacial score (nSPS) is 24.8. The Morgan fingerprint density at radius 1 is 1.45 bits per heavy atom. The molecule has 0 aromatic carbocycles. The number of nitrogens with zero attached hydrogens (tertiary/aromatic N) is 1. The van der Waals surface area contributed by atoms with Crippen LogP contribution in [0.15, 0.2) is 0 Å². The maximum Gasteiger partial charge on any atom is 0.211 e. The summed E-state index contributed by atoms with van der Waals surface area (Å²) in [6.45, 7) is 8.60. The minimum atomic E-state index is -3.07. The topological polar surface area (TPSA) is 69.6 Å². The van der Waals surface area contributed by atoms with Crippen LogP contribution in [0.5, 0.6) is 0 Å². The molecule has 6 heteroatoms. The van der Waals surface area contributed by atoms with E-state index in [-0.39, 0.29) is 0 Å². The van der Waals surface area contributed by atoms with Crippen LogP contribution in [0.4, 0.5) is 0 Å². The minimum absolute atomic E-state index is 0.341. The lowest BCUT2D eigenvalue weighted by Crippen LogP contribution is -2.45. The first-order chi connectivity index (χ1) is 9.10. The molecule has 0 bridgehead atoms. The highest BCUT2D eigenvalue weighted by molar-refractivity contribution is 7.88. The van der Waals surface area contributed by atoms with Crippen LogP contribution < -0.4 is 5.32 Å². The van der Waals surface area contributed by atoms with E-state index in [9.17, 15) is 13.5 Å². The minimum Gasteiger partial charge on any atom is -0.389 e. The molecule has 20 heavy (non-hydrogen) atoms. The van der Waals surface area contributed by atoms with E-state index in [0.29, 0.717) is 31.5 Å². The number of sulfonamides is 1. The zero-order valence-electron chi connectivity index (χ0n) is 13.2. The Kier molecular flexibility index (Phi) is 6.44. The standard InChI is InChI=1S/C14H30N2O3S/c1-12(2)8-14(3,17)11-15-9-13-6-5-7-16(10-13)20(4,18)19/h12-13,15,17H,5-11H2,1-4H3. The molecule has 2 N–H and O–H groups in total. The summed E-state index contributed by atoms with van der Waals surface area (Å²) in [6.07, 6.45) is 4.00. The Morgan fingerprint density at radius 3 is 2.65 bits per heavy atom. The number of nitrogens with one attached hydrogen (secondary N) is 1. The first kappa shape index (κ1) is 17.9. The van der Waals surface area contributed by atoms with E-state index in [0.717, 1.165) is 25.8 Å². The fourth-order valence-electron chi connectivity index (χ4n) is 2.99. The van der Waals surface area contributed by atoms with Gasteiger partial charge in [-0.05, 0) is 44.6 Å². The van der Waals surface area contributed by atoms with Crippen molar-refractivity contribution >= 4 is 10.0 Å². The third-order valence-corrected chi connectivity index (χ3v) is 5.01. The van der Waals surface area contributed by atoms with E-state index in [1.807, 2.05) is 6.92 Å². The monoisotopic (exact) mass is 306 g/mol. The molecular formula is C14H30N2O3S. The number of piperidine rings is 1. The third-order valence-electron chi connectivity index (χ3n) is 3.74. The lowest BCUT2D eigenvalue weighted by molar-refractivity contribution is 0.0372. The van der Waals surface area contributed by atoms with Crippen molar-refractivity contribution in [2.24, 2.45) is 11.8 Å². The van der Waals surface area contributed by atoms with Crippen molar-refractivity contribution in [1.82, 2.24) is 9.62 Å². The van der Waals surface area contributed by atoms with Crippen LogP contribution in [0.2, 0.25) is 0 Å². The van der Waals surface area contributed by atoms with Gasteiger partial charge in [0.05, 0.1) is 11.9 Å². The van der Waals surface area contributed by atoms with E-state index in [1.54, 1.807) is 4.31 Å². The van der Waals surface area contributed by atoms with Gasteiger partial charge in [0, 0.05) is 19.6 Å². The Bertz CT molecular complexity index is 393. The van der Waals surface area contributed by atoms with Crippen molar-refractivity contribution in [2.45, 2.75) is 45.6 Å². The molecule has 0 amide bonds. The predicted octanol–water partition coefficient (Wildman–Crippen LogP) is 1.04. The Hall–Kier alpha value is -0.170.